The van der Waals surface area contributed by atoms with Crippen molar-refractivity contribution < 1.29 is 0 Å². The molecule has 1 aromatic carbocycles. The van der Waals surface area contributed by atoms with Crippen LogP contribution in [-0.2, 0) is 6.42 Å². The molecular weight excluding hydrogens is 352 g/mol. The SMILES string of the molecule is C=C(C#N)C(N)(CCC)C(CCC)CCC.CC(C)C1CCCc2ccccc21. The number of nitrogens with zero attached hydrogens (tertiary/aromatic N) is 1. The van der Waals surface area contributed by atoms with Crippen molar-refractivity contribution in [3.63, 3.8) is 0 Å². The Hall–Kier alpha value is -1.59. The lowest BCUT2D eigenvalue weighted by atomic mass is 9.72. The fourth-order valence-corrected chi connectivity index (χ4v) is 4.96. The van der Waals surface area contributed by atoms with E-state index in [0.29, 0.717) is 11.5 Å². The van der Waals surface area contributed by atoms with Crippen molar-refractivity contribution >= 4 is 0 Å². The van der Waals surface area contributed by atoms with Crippen LogP contribution in [0, 0.1) is 23.2 Å². The first-order valence-corrected chi connectivity index (χ1v) is 11.8. The fourth-order valence-electron chi connectivity index (χ4n) is 4.96. The van der Waals surface area contributed by atoms with Gasteiger partial charge in [0.1, 0.15) is 0 Å². The molecule has 0 amide bonds. The maximum Gasteiger partial charge on any atom is 0.0960 e. The second-order valence-corrected chi connectivity index (χ2v) is 9.10. The van der Waals surface area contributed by atoms with Crippen molar-refractivity contribution in [2.45, 2.75) is 104 Å². The lowest BCUT2D eigenvalue weighted by Gasteiger charge is -2.37. The van der Waals surface area contributed by atoms with E-state index in [-0.39, 0.29) is 0 Å². The molecule has 2 rings (SSSR count). The van der Waals surface area contributed by atoms with Crippen LogP contribution >= 0.6 is 0 Å². The molecule has 0 radical (unpaired) electrons. The third-order valence-electron chi connectivity index (χ3n) is 6.58. The average Bonchev–Trinajstić information content (AvgIpc) is 2.73. The zero-order valence-corrected chi connectivity index (χ0v) is 19.6. The van der Waals surface area contributed by atoms with E-state index >= 15 is 0 Å². The van der Waals surface area contributed by atoms with Crippen LogP contribution in [-0.4, -0.2) is 5.54 Å². The number of aryl methyl sites for hydroxylation is 1. The number of nitriles is 1. The summed E-state index contributed by atoms with van der Waals surface area (Å²) in [6, 6.07) is 11.1. The van der Waals surface area contributed by atoms with Crippen molar-refractivity contribution in [3.05, 3.63) is 47.5 Å². The van der Waals surface area contributed by atoms with E-state index < -0.39 is 5.54 Å². The van der Waals surface area contributed by atoms with E-state index in [4.69, 9.17) is 11.0 Å². The van der Waals surface area contributed by atoms with Crippen molar-refractivity contribution in [2.24, 2.45) is 17.6 Å². The van der Waals surface area contributed by atoms with Gasteiger partial charge >= 0.3 is 0 Å². The number of fused-ring (bicyclic) bond motifs is 1. The summed E-state index contributed by atoms with van der Waals surface area (Å²) >= 11 is 0. The van der Waals surface area contributed by atoms with E-state index in [1.54, 1.807) is 11.1 Å². The molecule has 2 heteroatoms. The molecule has 0 bridgehead atoms. The summed E-state index contributed by atoms with van der Waals surface area (Å²) in [5.74, 6) is 2.00. The maximum absolute atomic E-state index is 9.05. The molecule has 2 unspecified atom stereocenters. The monoisotopic (exact) mass is 396 g/mol. The molecule has 29 heavy (non-hydrogen) atoms. The highest BCUT2D eigenvalue weighted by atomic mass is 14.8. The van der Waals surface area contributed by atoms with E-state index in [1.807, 2.05) is 0 Å². The van der Waals surface area contributed by atoms with Crippen LogP contribution < -0.4 is 5.73 Å². The molecule has 0 fully saturated rings. The van der Waals surface area contributed by atoms with E-state index in [0.717, 1.165) is 50.4 Å². The van der Waals surface area contributed by atoms with Gasteiger partial charge in [-0.25, -0.2) is 0 Å². The van der Waals surface area contributed by atoms with Gasteiger partial charge in [-0.2, -0.15) is 5.26 Å². The lowest BCUT2D eigenvalue weighted by Crippen LogP contribution is -2.48. The van der Waals surface area contributed by atoms with Crippen LogP contribution in [0.15, 0.2) is 36.4 Å². The second-order valence-electron chi connectivity index (χ2n) is 9.10. The molecule has 0 saturated heterocycles. The lowest BCUT2D eigenvalue weighted by molar-refractivity contribution is 0.264. The Labute approximate surface area is 180 Å². The highest BCUT2D eigenvalue weighted by Crippen LogP contribution is 2.36. The predicted octanol–water partition coefficient (Wildman–Crippen LogP) is 7.54. The Bertz CT molecular complexity index is 649. The quantitative estimate of drug-likeness (QED) is 0.438. The minimum atomic E-state index is -0.477. The number of rotatable bonds is 9. The molecule has 1 aromatic rings. The summed E-state index contributed by atoms with van der Waals surface area (Å²) < 4.78 is 0. The van der Waals surface area contributed by atoms with Gasteiger partial charge in [0.15, 0.2) is 0 Å². The summed E-state index contributed by atoms with van der Waals surface area (Å²) in [5, 5.41) is 9.05. The number of benzene rings is 1. The molecule has 0 spiro atoms. The number of hydrogen-bond donors (Lipinski definition) is 1. The van der Waals surface area contributed by atoms with Gasteiger partial charge in [0, 0.05) is 5.57 Å². The van der Waals surface area contributed by atoms with Crippen molar-refractivity contribution in [1.82, 2.24) is 0 Å². The van der Waals surface area contributed by atoms with Crippen LogP contribution in [0.3, 0.4) is 0 Å². The Morgan fingerprint density at radius 1 is 1.17 bits per heavy atom. The van der Waals surface area contributed by atoms with Gasteiger partial charge in [-0.15, -0.1) is 0 Å². The van der Waals surface area contributed by atoms with Gasteiger partial charge in [0.05, 0.1) is 11.6 Å². The molecule has 0 aromatic heterocycles. The van der Waals surface area contributed by atoms with Crippen LogP contribution in [0.25, 0.3) is 0 Å². The summed E-state index contributed by atoms with van der Waals surface area (Å²) in [5.41, 5.74) is 9.74. The minimum absolute atomic E-state index is 0.398. The smallest absolute Gasteiger partial charge is 0.0960 e. The van der Waals surface area contributed by atoms with Gasteiger partial charge < -0.3 is 5.73 Å². The van der Waals surface area contributed by atoms with E-state index in [2.05, 4.69) is 71.5 Å². The van der Waals surface area contributed by atoms with Crippen molar-refractivity contribution in [1.29, 1.82) is 5.26 Å². The minimum Gasteiger partial charge on any atom is -0.321 e. The zero-order valence-electron chi connectivity index (χ0n) is 19.6. The molecule has 162 valence electrons. The Morgan fingerprint density at radius 2 is 1.79 bits per heavy atom. The zero-order chi connectivity index (χ0) is 21.9. The molecule has 2 N–H and O–H groups in total. The van der Waals surface area contributed by atoms with Crippen LogP contribution in [0.5, 0.6) is 0 Å². The highest BCUT2D eigenvalue weighted by molar-refractivity contribution is 5.33. The fraction of sp³-hybridized carbons (Fsp3) is 0.667. The third-order valence-corrected chi connectivity index (χ3v) is 6.58. The maximum atomic E-state index is 9.05. The van der Waals surface area contributed by atoms with E-state index in [9.17, 15) is 0 Å². The first kappa shape index (κ1) is 25.4. The normalized spacial score (nSPS) is 17.7. The largest absolute Gasteiger partial charge is 0.321 e. The molecule has 2 atom stereocenters. The van der Waals surface area contributed by atoms with E-state index in [1.165, 1.54) is 19.3 Å². The topological polar surface area (TPSA) is 49.8 Å². The second kappa shape index (κ2) is 12.9. The van der Waals surface area contributed by atoms with Gasteiger partial charge in [0.2, 0.25) is 0 Å². The summed E-state index contributed by atoms with van der Waals surface area (Å²) in [6.45, 7) is 15.0. The van der Waals surface area contributed by atoms with Crippen LogP contribution in [0.2, 0.25) is 0 Å². The first-order valence-electron chi connectivity index (χ1n) is 11.8. The van der Waals surface area contributed by atoms with Crippen molar-refractivity contribution in [3.8, 4) is 6.07 Å². The first-order chi connectivity index (χ1) is 13.8. The van der Waals surface area contributed by atoms with Crippen LogP contribution in [0.1, 0.15) is 103 Å². The summed E-state index contributed by atoms with van der Waals surface area (Å²) in [6.07, 6.45) is 10.3. The molecule has 1 aliphatic rings. The Balaban J connectivity index is 0.000000294. The third kappa shape index (κ3) is 7.00. The molecule has 0 saturated carbocycles. The molecular formula is C27H44N2. The highest BCUT2D eigenvalue weighted by Gasteiger charge is 2.35. The molecule has 0 heterocycles. The summed E-state index contributed by atoms with van der Waals surface area (Å²) in [4.78, 5) is 0. The molecule has 0 aliphatic heterocycles. The standard InChI is InChI=1S/C14H26N2.C13H18/c1-5-8-13(9-6-2)14(16,10-7-3)12(4)11-15;1-10(2)12-9-5-7-11-6-3-4-8-13(11)12/h13H,4-10,16H2,1-3H3;3-4,6,8,10,12H,5,7,9H2,1-2H3. The van der Waals surface area contributed by atoms with Crippen molar-refractivity contribution in [2.75, 3.05) is 0 Å². The summed E-state index contributed by atoms with van der Waals surface area (Å²) in [7, 11) is 0. The van der Waals surface area contributed by atoms with Gasteiger partial charge in [-0.3, -0.25) is 0 Å². The Morgan fingerprint density at radius 3 is 2.31 bits per heavy atom. The van der Waals surface area contributed by atoms with Gasteiger partial charge in [-0.1, -0.05) is 84.7 Å². The van der Waals surface area contributed by atoms with Crippen LogP contribution in [0.4, 0.5) is 0 Å². The molecule has 1 aliphatic carbocycles. The van der Waals surface area contributed by atoms with Gasteiger partial charge in [0.25, 0.3) is 0 Å². The predicted molar refractivity (Wildman–Crippen MR) is 127 cm³/mol. The Kier molecular flexibility index (Phi) is 11.3. The average molecular weight is 397 g/mol. The van der Waals surface area contributed by atoms with Gasteiger partial charge in [-0.05, 0) is 67.4 Å². The number of hydrogen-bond acceptors (Lipinski definition) is 2. The molecule has 2 nitrogen and oxygen atoms in total. The number of nitrogens with two attached hydrogens (primary N) is 1.